The van der Waals surface area contributed by atoms with Gasteiger partial charge in [-0.2, -0.15) is 0 Å². The fourth-order valence-electron chi connectivity index (χ4n) is 2.08. The average molecular weight is 302 g/mol. The highest BCUT2D eigenvalue weighted by atomic mass is 16.4. The number of para-hydroxylation sites is 1. The van der Waals surface area contributed by atoms with Gasteiger partial charge in [0.2, 0.25) is 0 Å². The van der Waals surface area contributed by atoms with Crippen molar-refractivity contribution in [3.63, 3.8) is 0 Å². The first-order valence-corrected chi connectivity index (χ1v) is 5.99. The Hall–Kier alpha value is -3.35. The highest BCUT2D eigenvalue weighted by Crippen LogP contribution is 2.34. The van der Waals surface area contributed by atoms with Gasteiger partial charge in [0.05, 0.1) is 16.7 Å². The minimum Gasteiger partial charge on any atom is -0.507 e. The van der Waals surface area contributed by atoms with E-state index >= 15 is 0 Å². The molecule has 0 aliphatic rings. The van der Waals surface area contributed by atoms with E-state index in [0.29, 0.717) is 0 Å². The molecule has 0 heterocycles. The van der Waals surface area contributed by atoms with Crippen molar-refractivity contribution in [3.05, 3.63) is 53.1 Å². The standard InChI is InChI=1S/C15H10O7/c16-11-4-2-1-3-8(11)9-5-7(13(17)18)6-10(14(19)20)12(9)15(21)22/h1-6,16H,(H,17,18)(H,19,20)(H,21,22). The maximum absolute atomic E-state index is 11.4. The van der Waals surface area contributed by atoms with E-state index in [1.54, 1.807) is 0 Å². The number of benzene rings is 2. The lowest BCUT2D eigenvalue weighted by Gasteiger charge is -2.12. The summed E-state index contributed by atoms with van der Waals surface area (Å²) in [4.78, 5) is 33.8. The molecule has 7 heteroatoms. The fraction of sp³-hybridized carbons (Fsp3) is 0. The van der Waals surface area contributed by atoms with Crippen molar-refractivity contribution in [3.8, 4) is 16.9 Å². The second kappa shape index (κ2) is 5.57. The summed E-state index contributed by atoms with van der Waals surface area (Å²) in [6.07, 6.45) is 0. The van der Waals surface area contributed by atoms with Gasteiger partial charge in [0.25, 0.3) is 0 Å². The van der Waals surface area contributed by atoms with E-state index in [0.717, 1.165) is 12.1 Å². The smallest absolute Gasteiger partial charge is 0.337 e. The van der Waals surface area contributed by atoms with E-state index in [4.69, 9.17) is 10.2 Å². The van der Waals surface area contributed by atoms with E-state index in [2.05, 4.69) is 0 Å². The van der Waals surface area contributed by atoms with Gasteiger partial charge in [-0.25, -0.2) is 14.4 Å². The van der Waals surface area contributed by atoms with Crippen LogP contribution in [0.15, 0.2) is 36.4 Å². The lowest BCUT2D eigenvalue weighted by atomic mass is 9.92. The monoisotopic (exact) mass is 302 g/mol. The summed E-state index contributed by atoms with van der Waals surface area (Å²) >= 11 is 0. The van der Waals surface area contributed by atoms with Gasteiger partial charge in [-0.15, -0.1) is 0 Å². The minimum atomic E-state index is -1.57. The molecule has 0 aliphatic carbocycles. The van der Waals surface area contributed by atoms with Crippen molar-refractivity contribution in [1.29, 1.82) is 0 Å². The lowest BCUT2D eigenvalue weighted by Crippen LogP contribution is -2.12. The largest absolute Gasteiger partial charge is 0.507 e. The predicted octanol–water partition coefficient (Wildman–Crippen LogP) is 2.15. The molecule has 0 saturated carbocycles. The zero-order valence-corrected chi connectivity index (χ0v) is 11.0. The number of carboxylic acid groups (broad SMARTS) is 3. The summed E-state index contributed by atoms with van der Waals surface area (Å²) in [6, 6.07) is 7.46. The van der Waals surface area contributed by atoms with Crippen LogP contribution in [0.3, 0.4) is 0 Å². The fourth-order valence-corrected chi connectivity index (χ4v) is 2.08. The maximum atomic E-state index is 11.4. The Morgan fingerprint density at radius 1 is 0.773 bits per heavy atom. The number of aromatic carboxylic acids is 3. The number of rotatable bonds is 4. The van der Waals surface area contributed by atoms with E-state index in [1.807, 2.05) is 0 Å². The molecule has 22 heavy (non-hydrogen) atoms. The Morgan fingerprint density at radius 2 is 1.41 bits per heavy atom. The molecule has 0 spiro atoms. The molecular formula is C15H10O7. The van der Waals surface area contributed by atoms with Gasteiger partial charge < -0.3 is 20.4 Å². The summed E-state index contributed by atoms with van der Waals surface area (Å²) in [5.41, 5.74) is -1.78. The summed E-state index contributed by atoms with van der Waals surface area (Å²) in [5.74, 6) is -4.80. The number of hydrogen-bond acceptors (Lipinski definition) is 4. The Balaban J connectivity index is 2.92. The van der Waals surface area contributed by atoms with Crippen molar-refractivity contribution in [2.24, 2.45) is 0 Å². The van der Waals surface area contributed by atoms with E-state index in [-0.39, 0.29) is 22.4 Å². The first kappa shape index (κ1) is 15.0. The minimum absolute atomic E-state index is 0.0329. The molecule has 0 aliphatic heterocycles. The van der Waals surface area contributed by atoms with Crippen LogP contribution in [0, 0.1) is 0 Å². The van der Waals surface area contributed by atoms with E-state index in [9.17, 15) is 24.6 Å². The SMILES string of the molecule is O=C(O)c1cc(C(=O)O)c(C(=O)O)c(-c2ccccc2O)c1. The summed E-state index contributed by atoms with van der Waals surface area (Å²) in [7, 11) is 0. The molecule has 0 bridgehead atoms. The van der Waals surface area contributed by atoms with Gasteiger partial charge in [0, 0.05) is 11.1 Å². The first-order valence-electron chi connectivity index (χ1n) is 5.99. The molecule has 2 aromatic rings. The van der Waals surface area contributed by atoms with Gasteiger partial charge >= 0.3 is 17.9 Å². The number of phenols is 1. The van der Waals surface area contributed by atoms with Crippen molar-refractivity contribution < 1.29 is 34.8 Å². The Labute approximate surface area is 123 Å². The molecule has 0 radical (unpaired) electrons. The zero-order valence-electron chi connectivity index (χ0n) is 11.0. The average Bonchev–Trinajstić information content (AvgIpc) is 2.46. The predicted molar refractivity (Wildman–Crippen MR) is 74.4 cm³/mol. The molecule has 7 nitrogen and oxygen atoms in total. The number of phenolic OH excluding ortho intramolecular Hbond substituents is 1. The highest BCUT2D eigenvalue weighted by Gasteiger charge is 2.25. The Morgan fingerprint density at radius 3 is 1.91 bits per heavy atom. The van der Waals surface area contributed by atoms with Crippen LogP contribution in [0.25, 0.3) is 11.1 Å². The van der Waals surface area contributed by atoms with Crippen molar-refractivity contribution in [2.75, 3.05) is 0 Å². The van der Waals surface area contributed by atoms with E-state index in [1.165, 1.54) is 24.3 Å². The third-order valence-electron chi connectivity index (χ3n) is 3.02. The second-order valence-corrected chi connectivity index (χ2v) is 4.38. The summed E-state index contributed by atoms with van der Waals surface area (Å²) in [5, 5.41) is 37.3. The third kappa shape index (κ3) is 2.59. The third-order valence-corrected chi connectivity index (χ3v) is 3.02. The van der Waals surface area contributed by atoms with Crippen LogP contribution in [0.1, 0.15) is 31.1 Å². The molecule has 0 atom stereocenters. The summed E-state index contributed by atoms with van der Waals surface area (Å²) in [6.45, 7) is 0. The zero-order chi connectivity index (χ0) is 16.4. The molecule has 112 valence electrons. The van der Waals surface area contributed by atoms with E-state index < -0.39 is 29.0 Å². The molecule has 0 saturated heterocycles. The molecular weight excluding hydrogens is 292 g/mol. The number of aromatic hydroxyl groups is 1. The summed E-state index contributed by atoms with van der Waals surface area (Å²) < 4.78 is 0. The molecule has 0 unspecified atom stereocenters. The van der Waals surface area contributed by atoms with Gasteiger partial charge in [0.15, 0.2) is 0 Å². The molecule has 0 amide bonds. The van der Waals surface area contributed by atoms with Crippen LogP contribution in [-0.4, -0.2) is 38.3 Å². The highest BCUT2D eigenvalue weighted by molar-refractivity contribution is 6.09. The number of carboxylic acids is 3. The topological polar surface area (TPSA) is 132 Å². The van der Waals surface area contributed by atoms with Crippen LogP contribution in [0.5, 0.6) is 5.75 Å². The van der Waals surface area contributed by atoms with Gasteiger partial charge in [0.1, 0.15) is 5.75 Å². The molecule has 0 aromatic heterocycles. The molecule has 0 fully saturated rings. The second-order valence-electron chi connectivity index (χ2n) is 4.38. The molecule has 2 rings (SSSR count). The van der Waals surface area contributed by atoms with Gasteiger partial charge in [-0.3, -0.25) is 0 Å². The van der Waals surface area contributed by atoms with Crippen molar-refractivity contribution >= 4 is 17.9 Å². The van der Waals surface area contributed by atoms with Crippen molar-refractivity contribution in [1.82, 2.24) is 0 Å². The Kier molecular flexibility index (Phi) is 3.81. The Bertz CT molecular complexity index is 792. The van der Waals surface area contributed by atoms with Crippen molar-refractivity contribution in [2.45, 2.75) is 0 Å². The number of hydrogen-bond donors (Lipinski definition) is 4. The quantitative estimate of drug-likeness (QED) is 0.680. The van der Waals surface area contributed by atoms with Crippen LogP contribution in [0.4, 0.5) is 0 Å². The van der Waals surface area contributed by atoms with Crippen LogP contribution < -0.4 is 0 Å². The molecule has 4 N–H and O–H groups in total. The van der Waals surface area contributed by atoms with Crippen LogP contribution >= 0.6 is 0 Å². The lowest BCUT2D eigenvalue weighted by molar-refractivity contribution is 0.0650. The van der Waals surface area contributed by atoms with Crippen LogP contribution in [0.2, 0.25) is 0 Å². The van der Waals surface area contributed by atoms with Crippen LogP contribution in [-0.2, 0) is 0 Å². The normalized spacial score (nSPS) is 10.2. The first-order chi connectivity index (χ1) is 10.3. The van der Waals surface area contributed by atoms with Gasteiger partial charge in [-0.05, 0) is 18.2 Å². The number of carbonyl (C=O) groups is 3. The molecule has 2 aromatic carbocycles. The van der Waals surface area contributed by atoms with Gasteiger partial charge in [-0.1, -0.05) is 18.2 Å². The maximum Gasteiger partial charge on any atom is 0.337 e.